The molecule has 2 aromatic heterocycles. The van der Waals surface area contributed by atoms with Crippen molar-refractivity contribution in [1.82, 2.24) is 14.6 Å². The molecule has 0 fully saturated rings. The summed E-state index contributed by atoms with van der Waals surface area (Å²) in [5.41, 5.74) is 2.61. The van der Waals surface area contributed by atoms with Crippen LogP contribution in [0.5, 0.6) is 5.88 Å². The molecule has 0 aliphatic carbocycles. The van der Waals surface area contributed by atoms with Crippen LogP contribution in [0.1, 0.15) is 10.5 Å². The van der Waals surface area contributed by atoms with Gasteiger partial charge in [-0.05, 0) is 24.3 Å². The van der Waals surface area contributed by atoms with Crippen molar-refractivity contribution in [3.8, 4) is 5.88 Å². The van der Waals surface area contributed by atoms with E-state index in [0.29, 0.717) is 9.70 Å². The van der Waals surface area contributed by atoms with E-state index in [1.54, 1.807) is 24.3 Å². The predicted octanol–water partition coefficient (Wildman–Crippen LogP) is 1.40. The first-order valence-corrected chi connectivity index (χ1v) is 6.01. The topological polar surface area (TPSA) is 103 Å². The molecule has 0 saturated heterocycles. The van der Waals surface area contributed by atoms with Gasteiger partial charge in [-0.3, -0.25) is 10.2 Å². The van der Waals surface area contributed by atoms with Crippen molar-refractivity contribution in [1.29, 1.82) is 0 Å². The Morgan fingerprint density at radius 1 is 1.35 bits per heavy atom. The van der Waals surface area contributed by atoms with Crippen LogP contribution in [-0.2, 0) is 0 Å². The van der Waals surface area contributed by atoms with Crippen molar-refractivity contribution in [2.24, 2.45) is 0 Å². The number of hydrogen-bond donors (Lipinski definition) is 4. The fraction of sp³-hybridized carbons (Fsp3) is 0. The molecule has 8 heteroatoms. The standard InChI is InChI=1S/C12H9ClN4O3/c13-7-1-2-8-6(3-7)4-9(15-8)11(19)16-17-10(18)5-14-12(17)20/h1-5,15,18H,(H,14,20)(H,16,19). The molecule has 0 unspecified atom stereocenters. The fourth-order valence-corrected chi connectivity index (χ4v) is 2.04. The maximum absolute atomic E-state index is 12.0. The van der Waals surface area contributed by atoms with Gasteiger partial charge < -0.3 is 15.1 Å². The van der Waals surface area contributed by atoms with Gasteiger partial charge >= 0.3 is 5.69 Å². The number of carbonyl (C=O) groups is 1. The highest BCUT2D eigenvalue weighted by Crippen LogP contribution is 2.20. The minimum absolute atomic E-state index is 0.245. The van der Waals surface area contributed by atoms with E-state index in [4.69, 9.17) is 11.6 Å². The molecule has 0 atom stereocenters. The summed E-state index contributed by atoms with van der Waals surface area (Å²) in [5, 5.41) is 10.7. The molecule has 4 N–H and O–H groups in total. The van der Waals surface area contributed by atoms with Crippen LogP contribution < -0.4 is 11.1 Å². The number of carbonyl (C=O) groups excluding carboxylic acids is 1. The maximum atomic E-state index is 12.0. The lowest BCUT2D eigenvalue weighted by atomic mass is 10.2. The summed E-state index contributed by atoms with van der Waals surface area (Å²) in [6.45, 7) is 0. The number of fused-ring (bicyclic) bond motifs is 1. The van der Waals surface area contributed by atoms with Gasteiger partial charge in [0.2, 0.25) is 5.88 Å². The van der Waals surface area contributed by atoms with Crippen LogP contribution in [0, 0.1) is 0 Å². The quantitative estimate of drug-likeness (QED) is 0.574. The van der Waals surface area contributed by atoms with Gasteiger partial charge in [0, 0.05) is 15.9 Å². The van der Waals surface area contributed by atoms with Gasteiger partial charge in [0.15, 0.2) is 0 Å². The zero-order chi connectivity index (χ0) is 14.3. The Labute approximate surface area is 116 Å². The van der Waals surface area contributed by atoms with Crippen LogP contribution in [0.4, 0.5) is 0 Å². The highest BCUT2D eigenvalue weighted by molar-refractivity contribution is 6.31. The Morgan fingerprint density at radius 2 is 2.15 bits per heavy atom. The van der Waals surface area contributed by atoms with Crippen LogP contribution in [0.3, 0.4) is 0 Å². The molecule has 0 radical (unpaired) electrons. The molecule has 7 nitrogen and oxygen atoms in total. The van der Waals surface area contributed by atoms with E-state index in [0.717, 1.165) is 17.1 Å². The number of aromatic nitrogens is 3. The largest absolute Gasteiger partial charge is 0.492 e. The first-order chi connectivity index (χ1) is 9.54. The first-order valence-electron chi connectivity index (χ1n) is 5.63. The summed E-state index contributed by atoms with van der Waals surface area (Å²) >= 11 is 5.87. The fourth-order valence-electron chi connectivity index (χ4n) is 1.86. The van der Waals surface area contributed by atoms with Crippen LogP contribution in [0.2, 0.25) is 5.02 Å². The number of H-pyrrole nitrogens is 2. The van der Waals surface area contributed by atoms with Crippen LogP contribution in [0.25, 0.3) is 10.9 Å². The molecule has 1 amide bonds. The predicted molar refractivity (Wildman–Crippen MR) is 73.7 cm³/mol. The third-order valence-corrected chi connectivity index (χ3v) is 3.03. The lowest BCUT2D eigenvalue weighted by molar-refractivity contribution is 0.100. The second-order valence-corrected chi connectivity index (χ2v) is 4.58. The Morgan fingerprint density at radius 3 is 2.85 bits per heavy atom. The molecular formula is C12H9ClN4O3. The van der Waals surface area contributed by atoms with Gasteiger partial charge in [-0.15, -0.1) is 0 Å². The number of amides is 1. The zero-order valence-corrected chi connectivity index (χ0v) is 10.7. The molecule has 3 aromatic rings. The van der Waals surface area contributed by atoms with Crippen LogP contribution in [0.15, 0.2) is 35.3 Å². The normalized spacial score (nSPS) is 10.8. The monoisotopic (exact) mass is 292 g/mol. The van der Waals surface area contributed by atoms with Gasteiger partial charge in [-0.25, -0.2) is 4.79 Å². The SMILES string of the molecule is O=C(Nn1c(O)c[nH]c1=O)c1cc2cc(Cl)ccc2[nH]1. The second-order valence-electron chi connectivity index (χ2n) is 4.14. The third kappa shape index (κ3) is 2.04. The van der Waals surface area contributed by atoms with Crippen molar-refractivity contribution in [2.75, 3.05) is 5.43 Å². The Hall–Kier alpha value is -2.67. The molecular weight excluding hydrogens is 284 g/mol. The Bertz CT molecular complexity index is 861. The maximum Gasteiger partial charge on any atom is 0.347 e. The van der Waals surface area contributed by atoms with Gasteiger partial charge in [0.25, 0.3) is 5.91 Å². The average Bonchev–Trinajstić information content (AvgIpc) is 2.96. The summed E-state index contributed by atoms with van der Waals surface area (Å²) in [7, 11) is 0. The molecule has 0 bridgehead atoms. The molecule has 3 rings (SSSR count). The van der Waals surface area contributed by atoms with E-state index in [1.165, 1.54) is 0 Å². The molecule has 1 aromatic carbocycles. The van der Waals surface area contributed by atoms with E-state index in [9.17, 15) is 14.7 Å². The summed E-state index contributed by atoms with van der Waals surface area (Å²) in [6, 6.07) is 6.76. The number of imidazole rings is 1. The molecule has 0 aliphatic heterocycles. The zero-order valence-electron chi connectivity index (χ0n) is 9.98. The average molecular weight is 293 g/mol. The number of benzene rings is 1. The van der Waals surface area contributed by atoms with E-state index in [2.05, 4.69) is 15.4 Å². The smallest absolute Gasteiger partial charge is 0.347 e. The minimum atomic E-state index is -0.644. The lowest BCUT2D eigenvalue weighted by Gasteiger charge is -2.03. The molecule has 0 aliphatic rings. The van der Waals surface area contributed by atoms with Crippen molar-refractivity contribution in [3.05, 3.63) is 51.7 Å². The van der Waals surface area contributed by atoms with Gasteiger partial charge in [0.1, 0.15) is 5.69 Å². The number of rotatable bonds is 2. The highest BCUT2D eigenvalue weighted by atomic mass is 35.5. The number of nitrogens with zero attached hydrogens (tertiary/aromatic N) is 1. The Balaban J connectivity index is 1.95. The number of nitrogens with one attached hydrogen (secondary N) is 3. The summed E-state index contributed by atoms with van der Waals surface area (Å²) in [5.74, 6) is -0.947. The highest BCUT2D eigenvalue weighted by Gasteiger charge is 2.13. The summed E-state index contributed by atoms with van der Waals surface area (Å²) in [4.78, 5) is 28.5. The van der Waals surface area contributed by atoms with Crippen LogP contribution >= 0.6 is 11.6 Å². The van der Waals surface area contributed by atoms with Gasteiger partial charge in [-0.1, -0.05) is 11.6 Å². The summed E-state index contributed by atoms with van der Waals surface area (Å²) < 4.78 is 0.709. The number of aromatic hydroxyl groups is 1. The first kappa shape index (κ1) is 12.4. The lowest BCUT2D eigenvalue weighted by Crippen LogP contribution is -2.31. The van der Waals surface area contributed by atoms with Crippen molar-refractivity contribution < 1.29 is 9.90 Å². The van der Waals surface area contributed by atoms with E-state index >= 15 is 0 Å². The van der Waals surface area contributed by atoms with E-state index < -0.39 is 11.6 Å². The second kappa shape index (κ2) is 4.46. The number of halogens is 1. The molecule has 0 saturated carbocycles. The molecule has 20 heavy (non-hydrogen) atoms. The van der Waals surface area contributed by atoms with Crippen molar-refractivity contribution >= 4 is 28.4 Å². The molecule has 2 heterocycles. The molecule has 102 valence electrons. The van der Waals surface area contributed by atoms with E-state index in [-0.39, 0.29) is 11.6 Å². The van der Waals surface area contributed by atoms with Crippen LogP contribution in [-0.4, -0.2) is 25.7 Å². The molecule has 0 spiro atoms. The van der Waals surface area contributed by atoms with E-state index in [1.807, 2.05) is 0 Å². The van der Waals surface area contributed by atoms with Gasteiger partial charge in [-0.2, -0.15) is 4.68 Å². The summed E-state index contributed by atoms with van der Waals surface area (Å²) in [6.07, 6.45) is 1.08. The number of aromatic amines is 2. The van der Waals surface area contributed by atoms with Gasteiger partial charge in [0.05, 0.1) is 6.20 Å². The van der Waals surface area contributed by atoms with Crippen molar-refractivity contribution in [3.63, 3.8) is 0 Å². The number of hydrogen-bond acceptors (Lipinski definition) is 3. The minimum Gasteiger partial charge on any atom is -0.492 e. The third-order valence-electron chi connectivity index (χ3n) is 2.80. The van der Waals surface area contributed by atoms with Crippen molar-refractivity contribution in [2.45, 2.75) is 0 Å². The Kier molecular flexibility index (Phi) is 2.76.